The van der Waals surface area contributed by atoms with Crippen LogP contribution in [-0.2, 0) is 6.54 Å². The van der Waals surface area contributed by atoms with Crippen molar-refractivity contribution in [2.24, 2.45) is 5.92 Å². The minimum absolute atomic E-state index is 0.260. The fourth-order valence-electron chi connectivity index (χ4n) is 2.56. The van der Waals surface area contributed by atoms with Crippen molar-refractivity contribution in [2.45, 2.75) is 46.2 Å². The van der Waals surface area contributed by atoms with E-state index < -0.39 is 0 Å². The molecule has 2 rings (SSSR count). The topological polar surface area (TPSA) is 30.5 Å². The summed E-state index contributed by atoms with van der Waals surface area (Å²) >= 11 is 6.17. The zero-order valence-electron chi connectivity index (χ0n) is 11.8. The first kappa shape index (κ1) is 14.5. The van der Waals surface area contributed by atoms with Crippen LogP contribution in [0.1, 0.15) is 39.2 Å². The van der Waals surface area contributed by atoms with Crippen LogP contribution in [0.25, 0.3) is 0 Å². The minimum atomic E-state index is 0.260. The molecule has 1 aromatic rings. The summed E-state index contributed by atoms with van der Waals surface area (Å²) in [6.07, 6.45) is 2.40. The first-order valence-electron chi connectivity index (χ1n) is 6.97. The lowest BCUT2D eigenvalue weighted by Gasteiger charge is -2.22. The number of rotatable bonds is 6. The highest BCUT2D eigenvalue weighted by Gasteiger charge is 2.19. The summed E-state index contributed by atoms with van der Waals surface area (Å²) in [4.78, 5) is 0. The van der Waals surface area contributed by atoms with Crippen LogP contribution in [0.3, 0.4) is 0 Å². The van der Waals surface area contributed by atoms with E-state index in [1.54, 1.807) is 0 Å². The molecule has 1 N–H and O–H groups in total. The predicted molar refractivity (Wildman–Crippen MR) is 77.9 cm³/mol. The smallest absolute Gasteiger partial charge is 0.231 e. The Hall–Kier alpha value is -0.930. The quantitative estimate of drug-likeness (QED) is 0.856. The molecule has 4 heteroatoms. The number of ether oxygens (including phenoxy) is 2. The molecule has 1 heterocycles. The first-order valence-corrected chi connectivity index (χ1v) is 7.34. The third kappa shape index (κ3) is 3.34. The maximum Gasteiger partial charge on any atom is 0.231 e. The Morgan fingerprint density at radius 1 is 1.26 bits per heavy atom. The SMILES string of the molecule is CCC(CC)C(C)NCc1cc(Cl)c2c(c1)OCO2. The Balaban J connectivity index is 1.98. The molecule has 0 spiro atoms. The van der Waals surface area contributed by atoms with Gasteiger partial charge < -0.3 is 14.8 Å². The second-order valence-corrected chi connectivity index (χ2v) is 5.46. The second kappa shape index (κ2) is 6.49. The molecule has 1 aliphatic rings. The van der Waals surface area contributed by atoms with Gasteiger partial charge in [0, 0.05) is 12.6 Å². The highest BCUT2D eigenvalue weighted by molar-refractivity contribution is 6.32. The largest absolute Gasteiger partial charge is 0.454 e. The van der Waals surface area contributed by atoms with E-state index in [0.717, 1.165) is 17.9 Å². The van der Waals surface area contributed by atoms with E-state index in [-0.39, 0.29) is 6.79 Å². The number of hydrogen-bond acceptors (Lipinski definition) is 3. The Morgan fingerprint density at radius 2 is 2.00 bits per heavy atom. The van der Waals surface area contributed by atoms with Crippen LogP contribution in [0.15, 0.2) is 12.1 Å². The van der Waals surface area contributed by atoms with Gasteiger partial charge in [-0.2, -0.15) is 0 Å². The van der Waals surface area contributed by atoms with Gasteiger partial charge >= 0.3 is 0 Å². The number of fused-ring (bicyclic) bond motifs is 1. The lowest BCUT2D eigenvalue weighted by atomic mass is 9.95. The van der Waals surface area contributed by atoms with Crippen molar-refractivity contribution in [3.63, 3.8) is 0 Å². The molecule has 1 atom stereocenters. The van der Waals surface area contributed by atoms with Crippen molar-refractivity contribution in [2.75, 3.05) is 6.79 Å². The van der Waals surface area contributed by atoms with E-state index in [1.807, 2.05) is 12.1 Å². The summed E-state index contributed by atoms with van der Waals surface area (Å²) in [5, 5.41) is 4.19. The number of hydrogen-bond donors (Lipinski definition) is 1. The van der Waals surface area contributed by atoms with E-state index in [0.29, 0.717) is 22.7 Å². The maximum atomic E-state index is 6.17. The van der Waals surface area contributed by atoms with E-state index in [1.165, 1.54) is 12.8 Å². The van der Waals surface area contributed by atoms with Crippen LogP contribution in [0, 0.1) is 5.92 Å². The van der Waals surface area contributed by atoms with Crippen molar-refractivity contribution < 1.29 is 9.47 Å². The summed E-state index contributed by atoms with van der Waals surface area (Å²) in [5.41, 5.74) is 1.13. The van der Waals surface area contributed by atoms with E-state index in [4.69, 9.17) is 21.1 Å². The van der Waals surface area contributed by atoms with Gasteiger partial charge in [-0.1, -0.05) is 38.3 Å². The zero-order valence-corrected chi connectivity index (χ0v) is 12.6. The second-order valence-electron chi connectivity index (χ2n) is 5.06. The molecule has 3 nitrogen and oxygen atoms in total. The number of benzene rings is 1. The molecule has 0 bridgehead atoms. The molecule has 0 aromatic heterocycles. The van der Waals surface area contributed by atoms with Crippen molar-refractivity contribution in [1.82, 2.24) is 5.32 Å². The molecule has 1 unspecified atom stereocenters. The van der Waals surface area contributed by atoms with E-state index in [2.05, 4.69) is 26.1 Å². The average Bonchev–Trinajstić information content (AvgIpc) is 2.86. The Kier molecular flexibility index (Phi) is 4.94. The van der Waals surface area contributed by atoms with Gasteiger partial charge in [0.05, 0.1) is 5.02 Å². The average molecular weight is 284 g/mol. The van der Waals surface area contributed by atoms with Gasteiger partial charge in [-0.05, 0) is 30.5 Å². The molecular formula is C15H22ClNO2. The number of halogens is 1. The monoisotopic (exact) mass is 283 g/mol. The molecule has 0 radical (unpaired) electrons. The Labute approximate surface area is 120 Å². The van der Waals surface area contributed by atoms with Gasteiger partial charge in [0.15, 0.2) is 11.5 Å². The van der Waals surface area contributed by atoms with Gasteiger partial charge in [-0.25, -0.2) is 0 Å². The molecule has 106 valence electrons. The summed E-state index contributed by atoms with van der Waals surface area (Å²) in [6, 6.07) is 4.45. The highest BCUT2D eigenvalue weighted by atomic mass is 35.5. The van der Waals surface area contributed by atoms with Crippen LogP contribution >= 0.6 is 11.6 Å². The summed E-state index contributed by atoms with van der Waals surface area (Å²) in [7, 11) is 0. The van der Waals surface area contributed by atoms with E-state index >= 15 is 0 Å². The molecule has 19 heavy (non-hydrogen) atoms. The predicted octanol–water partition coefficient (Wildman–Crippen LogP) is 3.98. The fourth-order valence-corrected chi connectivity index (χ4v) is 2.85. The van der Waals surface area contributed by atoms with Crippen molar-refractivity contribution in [1.29, 1.82) is 0 Å². The fraction of sp³-hybridized carbons (Fsp3) is 0.600. The minimum Gasteiger partial charge on any atom is -0.454 e. The van der Waals surface area contributed by atoms with Crippen LogP contribution in [-0.4, -0.2) is 12.8 Å². The lowest BCUT2D eigenvalue weighted by molar-refractivity contribution is 0.174. The van der Waals surface area contributed by atoms with Crippen molar-refractivity contribution >= 4 is 11.6 Å². The molecule has 0 saturated heterocycles. The first-order chi connectivity index (χ1) is 9.15. The van der Waals surface area contributed by atoms with Gasteiger partial charge in [0.1, 0.15) is 0 Å². The maximum absolute atomic E-state index is 6.17. The van der Waals surface area contributed by atoms with Gasteiger partial charge in [0.25, 0.3) is 0 Å². The van der Waals surface area contributed by atoms with Crippen molar-refractivity contribution in [3.05, 3.63) is 22.7 Å². The van der Waals surface area contributed by atoms with Crippen LogP contribution < -0.4 is 14.8 Å². The Bertz CT molecular complexity index is 432. The van der Waals surface area contributed by atoms with Gasteiger partial charge in [-0.3, -0.25) is 0 Å². The summed E-state index contributed by atoms with van der Waals surface area (Å²) in [6.45, 7) is 7.78. The standard InChI is InChI=1S/C15H22ClNO2/c1-4-12(5-2)10(3)17-8-11-6-13(16)15-14(7-11)18-9-19-15/h6-7,10,12,17H,4-5,8-9H2,1-3H3. The third-order valence-electron chi connectivity index (χ3n) is 3.87. The van der Waals surface area contributed by atoms with Crippen LogP contribution in [0.2, 0.25) is 5.02 Å². The zero-order chi connectivity index (χ0) is 13.8. The lowest BCUT2D eigenvalue weighted by Crippen LogP contribution is -2.32. The highest BCUT2D eigenvalue weighted by Crippen LogP contribution is 2.39. The molecule has 1 aromatic carbocycles. The summed E-state index contributed by atoms with van der Waals surface area (Å²) < 4.78 is 10.7. The summed E-state index contributed by atoms with van der Waals surface area (Å²) in [5.74, 6) is 2.13. The molecule has 0 aliphatic carbocycles. The van der Waals surface area contributed by atoms with Gasteiger partial charge in [-0.15, -0.1) is 0 Å². The van der Waals surface area contributed by atoms with Crippen LogP contribution in [0.4, 0.5) is 0 Å². The molecular weight excluding hydrogens is 262 g/mol. The number of nitrogens with one attached hydrogen (secondary N) is 1. The van der Waals surface area contributed by atoms with Crippen molar-refractivity contribution in [3.8, 4) is 11.5 Å². The normalized spacial score (nSPS) is 15.0. The molecule has 0 fully saturated rings. The third-order valence-corrected chi connectivity index (χ3v) is 4.15. The van der Waals surface area contributed by atoms with Crippen LogP contribution in [0.5, 0.6) is 11.5 Å². The molecule has 0 amide bonds. The Morgan fingerprint density at radius 3 is 2.68 bits per heavy atom. The molecule has 1 aliphatic heterocycles. The molecule has 0 saturated carbocycles. The van der Waals surface area contributed by atoms with E-state index in [9.17, 15) is 0 Å². The van der Waals surface area contributed by atoms with Gasteiger partial charge in [0.2, 0.25) is 6.79 Å².